The number of nitrogens with one attached hydrogen (secondary N) is 1. The number of hydrogen-bond acceptors (Lipinski definition) is 3. The Labute approximate surface area is 67.2 Å². The van der Waals surface area contributed by atoms with E-state index in [9.17, 15) is 0 Å². The van der Waals surface area contributed by atoms with E-state index in [1.54, 1.807) is 6.20 Å². The third-order valence-corrected chi connectivity index (χ3v) is 1.51. The van der Waals surface area contributed by atoms with E-state index in [1.165, 1.54) is 0 Å². The molecular weight excluding hydrogens is 196 g/mol. The van der Waals surface area contributed by atoms with Crippen molar-refractivity contribution in [1.29, 1.82) is 0 Å². The van der Waals surface area contributed by atoms with Crippen LogP contribution in [0.4, 0.5) is 0 Å². The standard InChI is InChI=1S/C6H7BrN2O/c7-6-3-5(4-9-10)1-2-8-6/h1-3,9-10H,4H2. The topological polar surface area (TPSA) is 45.1 Å². The van der Waals surface area contributed by atoms with Crippen LogP contribution in [0.2, 0.25) is 0 Å². The Morgan fingerprint density at radius 1 is 1.70 bits per heavy atom. The van der Waals surface area contributed by atoms with Crippen LogP contribution < -0.4 is 5.48 Å². The summed E-state index contributed by atoms with van der Waals surface area (Å²) >= 11 is 3.21. The maximum Gasteiger partial charge on any atom is 0.106 e. The highest BCUT2D eigenvalue weighted by Gasteiger charge is 1.91. The zero-order valence-electron chi connectivity index (χ0n) is 5.21. The molecule has 0 amide bonds. The van der Waals surface area contributed by atoms with Gasteiger partial charge in [0.15, 0.2) is 0 Å². The van der Waals surface area contributed by atoms with Crippen molar-refractivity contribution in [3.8, 4) is 0 Å². The molecule has 10 heavy (non-hydrogen) atoms. The molecule has 1 heterocycles. The van der Waals surface area contributed by atoms with Gasteiger partial charge < -0.3 is 5.21 Å². The molecule has 0 spiro atoms. The summed E-state index contributed by atoms with van der Waals surface area (Å²) in [5.74, 6) is 0. The predicted molar refractivity (Wildman–Crippen MR) is 40.6 cm³/mol. The maximum absolute atomic E-state index is 8.32. The summed E-state index contributed by atoms with van der Waals surface area (Å²) in [5, 5.41) is 8.32. The summed E-state index contributed by atoms with van der Waals surface area (Å²) in [5.41, 5.74) is 3.05. The van der Waals surface area contributed by atoms with Gasteiger partial charge in [0.25, 0.3) is 0 Å². The average Bonchev–Trinajstić information content (AvgIpc) is 1.88. The van der Waals surface area contributed by atoms with Crippen molar-refractivity contribution >= 4 is 15.9 Å². The molecule has 3 nitrogen and oxygen atoms in total. The van der Waals surface area contributed by atoms with Gasteiger partial charge in [0.2, 0.25) is 0 Å². The molecule has 0 bridgehead atoms. The second-order valence-corrected chi connectivity index (χ2v) is 2.63. The molecule has 4 heteroatoms. The predicted octanol–water partition coefficient (Wildman–Crippen LogP) is 1.32. The number of hydrogen-bond donors (Lipinski definition) is 2. The number of halogens is 1. The van der Waals surface area contributed by atoms with E-state index < -0.39 is 0 Å². The van der Waals surface area contributed by atoms with Crippen LogP contribution in [-0.4, -0.2) is 10.2 Å². The number of pyridine rings is 1. The summed E-state index contributed by atoms with van der Waals surface area (Å²) in [6.07, 6.45) is 1.68. The lowest BCUT2D eigenvalue weighted by atomic mass is 10.3. The summed E-state index contributed by atoms with van der Waals surface area (Å²) in [7, 11) is 0. The van der Waals surface area contributed by atoms with Crippen molar-refractivity contribution in [2.24, 2.45) is 0 Å². The Balaban J connectivity index is 2.75. The van der Waals surface area contributed by atoms with Gasteiger partial charge in [-0.3, -0.25) is 0 Å². The second-order valence-electron chi connectivity index (χ2n) is 1.82. The molecule has 1 aromatic heterocycles. The van der Waals surface area contributed by atoms with Crippen molar-refractivity contribution in [2.45, 2.75) is 6.54 Å². The fourth-order valence-corrected chi connectivity index (χ4v) is 1.06. The molecule has 54 valence electrons. The molecular formula is C6H7BrN2O. The molecule has 0 aliphatic heterocycles. The van der Waals surface area contributed by atoms with Crippen LogP contribution in [0.1, 0.15) is 5.56 Å². The van der Waals surface area contributed by atoms with Crippen LogP contribution in [0.25, 0.3) is 0 Å². The molecule has 0 aliphatic carbocycles. The smallest absolute Gasteiger partial charge is 0.106 e. The molecule has 0 radical (unpaired) electrons. The van der Waals surface area contributed by atoms with Crippen LogP contribution in [0.5, 0.6) is 0 Å². The second kappa shape index (κ2) is 3.65. The van der Waals surface area contributed by atoms with Crippen LogP contribution >= 0.6 is 15.9 Å². The van der Waals surface area contributed by atoms with Gasteiger partial charge in [-0.05, 0) is 33.6 Å². The summed E-state index contributed by atoms with van der Waals surface area (Å²) < 4.78 is 0.778. The molecule has 0 aliphatic rings. The van der Waals surface area contributed by atoms with E-state index >= 15 is 0 Å². The molecule has 0 aromatic carbocycles. The first-order valence-electron chi connectivity index (χ1n) is 2.80. The van der Waals surface area contributed by atoms with Gasteiger partial charge in [0.05, 0.1) is 0 Å². The highest BCUT2D eigenvalue weighted by atomic mass is 79.9. The van der Waals surface area contributed by atoms with Gasteiger partial charge >= 0.3 is 0 Å². The van der Waals surface area contributed by atoms with E-state index in [4.69, 9.17) is 5.21 Å². The third-order valence-electron chi connectivity index (χ3n) is 1.07. The van der Waals surface area contributed by atoms with E-state index in [1.807, 2.05) is 12.1 Å². The lowest BCUT2D eigenvalue weighted by Gasteiger charge is -1.97. The fraction of sp³-hybridized carbons (Fsp3) is 0.167. The summed E-state index contributed by atoms with van der Waals surface area (Å²) in [6.45, 7) is 0.446. The van der Waals surface area contributed by atoms with Crippen molar-refractivity contribution in [3.63, 3.8) is 0 Å². The molecule has 0 saturated heterocycles. The van der Waals surface area contributed by atoms with E-state index in [0.717, 1.165) is 10.2 Å². The van der Waals surface area contributed by atoms with Crippen LogP contribution in [-0.2, 0) is 6.54 Å². The fourth-order valence-electron chi connectivity index (χ4n) is 0.644. The molecule has 0 fully saturated rings. The van der Waals surface area contributed by atoms with Gasteiger partial charge in [0, 0.05) is 12.7 Å². The number of nitrogens with zero attached hydrogens (tertiary/aromatic N) is 1. The van der Waals surface area contributed by atoms with Gasteiger partial charge in [-0.15, -0.1) is 0 Å². The number of rotatable bonds is 2. The molecule has 1 rings (SSSR count). The largest absolute Gasteiger partial charge is 0.316 e. The van der Waals surface area contributed by atoms with Crippen LogP contribution in [0.3, 0.4) is 0 Å². The Morgan fingerprint density at radius 2 is 2.50 bits per heavy atom. The van der Waals surface area contributed by atoms with E-state index in [2.05, 4.69) is 26.4 Å². The number of hydroxylamine groups is 1. The van der Waals surface area contributed by atoms with E-state index in [0.29, 0.717) is 6.54 Å². The first-order chi connectivity index (χ1) is 4.83. The Kier molecular flexibility index (Phi) is 2.80. The van der Waals surface area contributed by atoms with Crippen LogP contribution in [0, 0.1) is 0 Å². The highest BCUT2D eigenvalue weighted by Crippen LogP contribution is 2.06. The quantitative estimate of drug-likeness (QED) is 0.562. The zero-order chi connectivity index (χ0) is 7.40. The summed E-state index contributed by atoms with van der Waals surface area (Å²) in [6, 6.07) is 3.66. The van der Waals surface area contributed by atoms with Gasteiger partial charge in [-0.1, -0.05) is 0 Å². The monoisotopic (exact) mass is 202 g/mol. The van der Waals surface area contributed by atoms with Crippen molar-refractivity contribution in [2.75, 3.05) is 0 Å². The van der Waals surface area contributed by atoms with E-state index in [-0.39, 0.29) is 0 Å². The normalized spacial score (nSPS) is 9.80. The molecule has 0 atom stereocenters. The molecule has 1 aromatic rings. The van der Waals surface area contributed by atoms with Gasteiger partial charge in [-0.2, -0.15) is 0 Å². The maximum atomic E-state index is 8.32. The SMILES string of the molecule is ONCc1ccnc(Br)c1. The summed E-state index contributed by atoms with van der Waals surface area (Å²) in [4.78, 5) is 3.93. The van der Waals surface area contributed by atoms with Crippen molar-refractivity contribution in [1.82, 2.24) is 10.5 Å². The highest BCUT2D eigenvalue weighted by molar-refractivity contribution is 9.10. The number of aromatic nitrogens is 1. The van der Waals surface area contributed by atoms with Crippen molar-refractivity contribution < 1.29 is 5.21 Å². The first kappa shape index (κ1) is 7.65. The van der Waals surface area contributed by atoms with Gasteiger partial charge in [0.1, 0.15) is 4.60 Å². The zero-order valence-corrected chi connectivity index (χ0v) is 6.80. The average molecular weight is 203 g/mol. The van der Waals surface area contributed by atoms with Gasteiger partial charge in [-0.25, -0.2) is 10.5 Å². The Hall–Kier alpha value is -0.450. The molecule has 2 N–H and O–H groups in total. The third kappa shape index (κ3) is 2.06. The Morgan fingerprint density at radius 3 is 3.10 bits per heavy atom. The van der Waals surface area contributed by atoms with Crippen molar-refractivity contribution in [3.05, 3.63) is 28.5 Å². The minimum Gasteiger partial charge on any atom is -0.316 e. The minimum absolute atomic E-state index is 0.446. The van der Waals surface area contributed by atoms with Crippen LogP contribution in [0.15, 0.2) is 22.9 Å². The molecule has 0 saturated carbocycles. The lowest BCUT2D eigenvalue weighted by Crippen LogP contribution is -2.05. The molecule has 0 unspecified atom stereocenters. The lowest BCUT2D eigenvalue weighted by molar-refractivity contribution is 0.161. The first-order valence-corrected chi connectivity index (χ1v) is 3.59. The minimum atomic E-state index is 0.446. The Bertz CT molecular complexity index is 217.